The minimum atomic E-state index is 0.660. The SMILES string of the molecule is c1nc(NCC2CC2)n2nc(C3CC3)cc2n1. The number of hydrogen-bond acceptors (Lipinski definition) is 4. The monoisotopic (exact) mass is 229 g/mol. The zero-order valence-electron chi connectivity index (χ0n) is 9.63. The maximum absolute atomic E-state index is 4.60. The molecule has 1 N–H and O–H groups in total. The van der Waals surface area contributed by atoms with E-state index in [1.807, 2.05) is 4.52 Å². The van der Waals surface area contributed by atoms with Gasteiger partial charge in [-0.25, -0.2) is 9.97 Å². The molecule has 2 aromatic heterocycles. The van der Waals surface area contributed by atoms with Crippen molar-refractivity contribution in [1.82, 2.24) is 19.6 Å². The number of anilines is 1. The minimum absolute atomic E-state index is 0.660. The molecule has 0 amide bonds. The number of nitrogens with zero attached hydrogens (tertiary/aromatic N) is 4. The lowest BCUT2D eigenvalue weighted by Gasteiger charge is -2.04. The molecular formula is C12H15N5. The van der Waals surface area contributed by atoms with Gasteiger partial charge in [0.25, 0.3) is 0 Å². The largest absolute Gasteiger partial charge is 0.354 e. The molecule has 4 rings (SSSR count). The standard InChI is InChI=1S/C12H15N5/c1-2-8(1)6-13-12-15-7-14-11-5-10(9-3-4-9)16-17(11)12/h5,7-9H,1-4,6H2,(H,13,14,15). The van der Waals surface area contributed by atoms with Crippen molar-refractivity contribution in [2.75, 3.05) is 11.9 Å². The lowest BCUT2D eigenvalue weighted by atomic mass is 10.3. The van der Waals surface area contributed by atoms with Gasteiger partial charge in [-0.05, 0) is 31.6 Å². The third kappa shape index (κ3) is 1.75. The summed E-state index contributed by atoms with van der Waals surface area (Å²) >= 11 is 0. The summed E-state index contributed by atoms with van der Waals surface area (Å²) in [6, 6.07) is 2.08. The molecule has 0 unspecified atom stereocenters. The zero-order valence-corrected chi connectivity index (χ0v) is 9.63. The molecule has 2 saturated carbocycles. The van der Waals surface area contributed by atoms with E-state index in [0.29, 0.717) is 5.92 Å². The van der Waals surface area contributed by atoms with E-state index in [1.54, 1.807) is 6.33 Å². The Balaban J connectivity index is 1.68. The predicted octanol–water partition coefficient (Wildman–Crippen LogP) is 1.82. The van der Waals surface area contributed by atoms with Crippen molar-refractivity contribution in [3.63, 3.8) is 0 Å². The summed E-state index contributed by atoms with van der Waals surface area (Å²) in [5.74, 6) is 2.32. The van der Waals surface area contributed by atoms with E-state index in [9.17, 15) is 0 Å². The first-order valence-electron chi connectivity index (χ1n) is 6.35. The fourth-order valence-corrected chi connectivity index (χ4v) is 2.09. The van der Waals surface area contributed by atoms with E-state index in [1.165, 1.54) is 31.4 Å². The molecule has 2 fully saturated rings. The molecule has 0 atom stereocenters. The van der Waals surface area contributed by atoms with Crippen molar-refractivity contribution in [3.05, 3.63) is 18.1 Å². The topological polar surface area (TPSA) is 55.1 Å². The minimum Gasteiger partial charge on any atom is -0.354 e. The zero-order chi connectivity index (χ0) is 11.2. The molecule has 0 aliphatic heterocycles. The summed E-state index contributed by atoms with van der Waals surface area (Å²) in [6.45, 7) is 1.00. The first-order chi connectivity index (χ1) is 8.40. The molecule has 0 spiro atoms. The van der Waals surface area contributed by atoms with Gasteiger partial charge >= 0.3 is 0 Å². The number of nitrogens with one attached hydrogen (secondary N) is 1. The lowest BCUT2D eigenvalue weighted by molar-refractivity contribution is 0.818. The molecule has 0 saturated heterocycles. The van der Waals surface area contributed by atoms with Gasteiger partial charge in [0, 0.05) is 18.5 Å². The Morgan fingerprint density at radius 3 is 2.88 bits per heavy atom. The van der Waals surface area contributed by atoms with Crippen LogP contribution in [0.25, 0.3) is 5.65 Å². The Labute approximate surface area is 99.3 Å². The van der Waals surface area contributed by atoms with E-state index in [2.05, 4.69) is 26.4 Å². The van der Waals surface area contributed by atoms with Crippen molar-refractivity contribution >= 4 is 11.6 Å². The summed E-state index contributed by atoms with van der Waals surface area (Å²) in [7, 11) is 0. The average molecular weight is 229 g/mol. The van der Waals surface area contributed by atoms with Gasteiger partial charge in [0.15, 0.2) is 5.65 Å². The van der Waals surface area contributed by atoms with Crippen molar-refractivity contribution in [3.8, 4) is 0 Å². The Kier molecular flexibility index (Phi) is 1.89. The highest BCUT2D eigenvalue weighted by molar-refractivity contribution is 5.45. The van der Waals surface area contributed by atoms with Crippen LogP contribution in [0, 0.1) is 5.92 Å². The van der Waals surface area contributed by atoms with Crippen molar-refractivity contribution in [1.29, 1.82) is 0 Å². The smallest absolute Gasteiger partial charge is 0.227 e. The molecule has 17 heavy (non-hydrogen) atoms. The van der Waals surface area contributed by atoms with Crippen molar-refractivity contribution < 1.29 is 0 Å². The molecule has 5 heteroatoms. The van der Waals surface area contributed by atoms with E-state index in [4.69, 9.17) is 0 Å². The van der Waals surface area contributed by atoms with Gasteiger partial charge in [-0.2, -0.15) is 9.61 Å². The number of rotatable bonds is 4. The van der Waals surface area contributed by atoms with Gasteiger partial charge in [-0.15, -0.1) is 0 Å². The molecule has 0 bridgehead atoms. The predicted molar refractivity (Wildman–Crippen MR) is 64.0 cm³/mol. The fraction of sp³-hybridized carbons (Fsp3) is 0.583. The lowest BCUT2D eigenvalue weighted by Crippen LogP contribution is -2.10. The quantitative estimate of drug-likeness (QED) is 0.869. The van der Waals surface area contributed by atoms with E-state index in [-0.39, 0.29) is 0 Å². The summed E-state index contributed by atoms with van der Waals surface area (Å²) in [5.41, 5.74) is 2.07. The highest BCUT2D eigenvalue weighted by atomic mass is 15.3. The second-order valence-electron chi connectivity index (χ2n) is 5.14. The molecule has 2 heterocycles. The first kappa shape index (κ1) is 9.39. The van der Waals surface area contributed by atoms with Crippen molar-refractivity contribution in [2.24, 2.45) is 5.92 Å². The molecule has 2 aliphatic rings. The maximum Gasteiger partial charge on any atom is 0.227 e. The maximum atomic E-state index is 4.60. The molecular weight excluding hydrogens is 214 g/mol. The van der Waals surface area contributed by atoms with E-state index >= 15 is 0 Å². The first-order valence-corrected chi connectivity index (χ1v) is 6.35. The summed E-state index contributed by atoms with van der Waals surface area (Å²) in [6.07, 6.45) is 6.83. The van der Waals surface area contributed by atoms with Crippen LogP contribution in [0.3, 0.4) is 0 Å². The Bertz CT molecular complexity index is 553. The molecule has 88 valence electrons. The Hall–Kier alpha value is -1.65. The van der Waals surface area contributed by atoms with Gasteiger partial charge in [0.1, 0.15) is 6.33 Å². The molecule has 5 nitrogen and oxygen atoms in total. The highest BCUT2D eigenvalue weighted by Crippen LogP contribution is 2.39. The van der Waals surface area contributed by atoms with E-state index < -0.39 is 0 Å². The van der Waals surface area contributed by atoms with Crippen LogP contribution in [-0.4, -0.2) is 26.1 Å². The van der Waals surface area contributed by atoms with Gasteiger partial charge in [0.2, 0.25) is 5.95 Å². The third-order valence-corrected chi connectivity index (χ3v) is 3.52. The van der Waals surface area contributed by atoms with Crippen LogP contribution in [0.15, 0.2) is 12.4 Å². The van der Waals surface area contributed by atoms with Gasteiger partial charge in [0.05, 0.1) is 5.69 Å². The van der Waals surface area contributed by atoms with Gasteiger partial charge in [-0.1, -0.05) is 0 Å². The van der Waals surface area contributed by atoms with Crippen molar-refractivity contribution in [2.45, 2.75) is 31.6 Å². The second kappa shape index (κ2) is 3.42. The van der Waals surface area contributed by atoms with Gasteiger partial charge in [-0.3, -0.25) is 0 Å². The normalized spacial score (nSPS) is 19.8. The summed E-state index contributed by atoms with van der Waals surface area (Å²) in [5, 5.41) is 7.97. The molecule has 2 aromatic rings. The average Bonchev–Trinajstić information content (AvgIpc) is 3.24. The van der Waals surface area contributed by atoms with Crippen LogP contribution >= 0.6 is 0 Å². The molecule has 0 radical (unpaired) electrons. The van der Waals surface area contributed by atoms with Gasteiger partial charge < -0.3 is 5.32 Å². The fourth-order valence-electron chi connectivity index (χ4n) is 2.09. The van der Waals surface area contributed by atoms with Crippen LogP contribution < -0.4 is 5.32 Å². The Morgan fingerprint density at radius 1 is 1.24 bits per heavy atom. The summed E-state index contributed by atoms with van der Waals surface area (Å²) < 4.78 is 1.84. The second-order valence-corrected chi connectivity index (χ2v) is 5.14. The van der Waals surface area contributed by atoms with Crippen LogP contribution in [0.1, 0.15) is 37.3 Å². The van der Waals surface area contributed by atoms with E-state index in [0.717, 1.165) is 24.1 Å². The number of aromatic nitrogens is 4. The number of fused-ring (bicyclic) bond motifs is 1. The van der Waals surface area contributed by atoms with Crippen LogP contribution in [0.4, 0.5) is 5.95 Å². The highest BCUT2D eigenvalue weighted by Gasteiger charge is 2.27. The number of hydrogen-bond donors (Lipinski definition) is 1. The Morgan fingerprint density at radius 2 is 2.12 bits per heavy atom. The van der Waals surface area contributed by atoms with Crippen LogP contribution in [-0.2, 0) is 0 Å². The molecule has 2 aliphatic carbocycles. The van der Waals surface area contributed by atoms with Crippen LogP contribution in [0.5, 0.6) is 0 Å². The third-order valence-electron chi connectivity index (χ3n) is 3.52. The molecule has 0 aromatic carbocycles. The summed E-state index contributed by atoms with van der Waals surface area (Å²) in [4.78, 5) is 8.54. The van der Waals surface area contributed by atoms with Crippen LogP contribution in [0.2, 0.25) is 0 Å².